The van der Waals surface area contributed by atoms with Crippen LogP contribution in [0.4, 0.5) is 0 Å². The van der Waals surface area contributed by atoms with Gasteiger partial charge in [-0.2, -0.15) is 0 Å². The van der Waals surface area contributed by atoms with Crippen LogP contribution in [0, 0.1) is 0 Å². The van der Waals surface area contributed by atoms with E-state index in [1.165, 1.54) is 0 Å². The van der Waals surface area contributed by atoms with E-state index in [0.717, 1.165) is 26.5 Å². The molecule has 18 heavy (non-hydrogen) atoms. The molecule has 0 bridgehead atoms. The van der Waals surface area contributed by atoms with Crippen LogP contribution in [0.15, 0.2) is 21.3 Å². The number of nitrogens with zero attached hydrogens (tertiary/aromatic N) is 3. The predicted molar refractivity (Wildman–Crippen MR) is 73.9 cm³/mol. The highest BCUT2D eigenvalue weighted by atomic mass is 79.9. The summed E-state index contributed by atoms with van der Waals surface area (Å²) in [5, 5.41) is 6.16. The molecule has 0 amide bonds. The van der Waals surface area contributed by atoms with Gasteiger partial charge in [-0.1, -0.05) is 19.0 Å². The van der Waals surface area contributed by atoms with E-state index in [-0.39, 0.29) is 11.2 Å². The first kappa shape index (κ1) is 11.9. The van der Waals surface area contributed by atoms with E-state index in [1.807, 2.05) is 6.07 Å². The lowest BCUT2D eigenvalue weighted by Crippen LogP contribution is -1.91. The molecule has 0 atom stereocenters. The summed E-state index contributed by atoms with van der Waals surface area (Å²) in [5.74, 6) is 0.248. The molecule has 3 aromatic rings. The number of fused-ring (bicyclic) bond motifs is 3. The Morgan fingerprint density at radius 2 is 2.17 bits per heavy atom. The molecule has 0 aliphatic carbocycles. The van der Waals surface area contributed by atoms with Crippen molar-refractivity contribution in [3.63, 3.8) is 0 Å². The van der Waals surface area contributed by atoms with Crippen molar-refractivity contribution in [3.8, 4) is 0 Å². The smallest absolute Gasteiger partial charge is 0.222 e. The quantitative estimate of drug-likeness (QED) is 0.625. The highest BCUT2D eigenvalue weighted by molar-refractivity contribution is 9.10. The predicted octanol–water partition coefficient (Wildman–Crippen LogP) is 4.31. The van der Waals surface area contributed by atoms with Crippen LogP contribution in [0.25, 0.3) is 21.9 Å². The van der Waals surface area contributed by atoms with Crippen molar-refractivity contribution in [2.24, 2.45) is 0 Å². The van der Waals surface area contributed by atoms with E-state index < -0.39 is 0 Å². The number of benzene rings is 1. The monoisotopic (exact) mass is 325 g/mol. The van der Waals surface area contributed by atoms with Gasteiger partial charge < -0.3 is 4.52 Å². The van der Waals surface area contributed by atoms with Crippen LogP contribution in [0.2, 0.25) is 5.28 Å². The molecule has 0 spiro atoms. The van der Waals surface area contributed by atoms with Gasteiger partial charge in [-0.25, -0.2) is 9.97 Å². The maximum atomic E-state index is 5.87. The molecule has 0 N–H and O–H groups in total. The van der Waals surface area contributed by atoms with Crippen molar-refractivity contribution in [2.45, 2.75) is 19.8 Å². The van der Waals surface area contributed by atoms with Crippen molar-refractivity contribution in [1.82, 2.24) is 15.1 Å². The van der Waals surface area contributed by atoms with E-state index in [2.05, 4.69) is 44.9 Å². The van der Waals surface area contributed by atoms with Crippen molar-refractivity contribution in [1.29, 1.82) is 0 Å². The average molecular weight is 327 g/mol. The van der Waals surface area contributed by atoms with Crippen LogP contribution in [0.1, 0.15) is 25.5 Å². The first-order valence-electron chi connectivity index (χ1n) is 5.48. The minimum Gasteiger partial charge on any atom is -0.355 e. The first-order valence-corrected chi connectivity index (χ1v) is 6.65. The Labute approximate surface area is 116 Å². The van der Waals surface area contributed by atoms with Crippen LogP contribution >= 0.6 is 27.5 Å². The lowest BCUT2D eigenvalue weighted by atomic mass is 10.0. The minimum absolute atomic E-state index is 0.224. The highest BCUT2D eigenvalue weighted by Gasteiger charge is 2.18. The van der Waals surface area contributed by atoms with Gasteiger partial charge in [0.2, 0.25) is 5.28 Å². The summed E-state index contributed by atoms with van der Waals surface area (Å²) in [4.78, 5) is 8.29. The molecule has 4 nitrogen and oxygen atoms in total. The minimum atomic E-state index is 0.224. The third-order valence-corrected chi connectivity index (χ3v) is 3.56. The van der Waals surface area contributed by atoms with Gasteiger partial charge in [-0.15, -0.1) is 0 Å². The molecule has 1 aromatic carbocycles. The summed E-state index contributed by atoms with van der Waals surface area (Å²) in [7, 11) is 0. The third kappa shape index (κ3) is 1.69. The van der Waals surface area contributed by atoms with Gasteiger partial charge in [0, 0.05) is 11.6 Å². The first-order chi connectivity index (χ1) is 8.58. The van der Waals surface area contributed by atoms with Gasteiger partial charge in [0.05, 0.1) is 21.1 Å². The van der Waals surface area contributed by atoms with Crippen molar-refractivity contribution >= 4 is 49.4 Å². The molecule has 0 fully saturated rings. The second kappa shape index (κ2) is 4.17. The molecule has 3 rings (SSSR count). The maximum absolute atomic E-state index is 5.87. The van der Waals surface area contributed by atoms with Crippen LogP contribution in [-0.4, -0.2) is 15.1 Å². The molecule has 0 unspecified atom stereocenters. The Morgan fingerprint density at radius 1 is 1.39 bits per heavy atom. The molecule has 2 aromatic heterocycles. The van der Waals surface area contributed by atoms with E-state index in [1.54, 1.807) is 6.20 Å². The van der Waals surface area contributed by atoms with Gasteiger partial charge in [0.25, 0.3) is 0 Å². The van der Waals surface area contributed by atoms with Crippen molar-refractivity contribution in [2.75, 3.05) is 0 Å². The van der Waals surface area contributed by atoms with E-state index in [0.29, 0.717) is 5.58 Å². The fraction of sp³-hybridized carbons (Fsp3) is 0.250. The number of hydrogen-bond donors (Lipinski definition) is 0. The molecular weight excluding hydrogens is 318 g/mol. The van der Waals surface area contributed by atoms with Crippen LogP contribution < -0.4 is 0 Å². The Morgan fingerprint density at radius 3 is 2.89 bits per heavy atom. The number of hydrogen-bond acceptors (Lipinski definition) is 4. The maximum Gasteiger partial charge on any atom is 0.222 e. The molecule has 0 aliphatic rings. The van der Waals surface area contributed by atoms with Gasteiger partial charge in [0.15, 0.2) is 5.58 Å². The topological polar surface area (TPSA) is 51.8 Å². The van der Waals surface area contributed by atoms with Crippen LogP contribution in [-0.2, 0) is 0 Å². The second-order valence-electron chi connectivity index (χ2n) is 4.36. The Bertz CT molecular complexity index is 754. The Kier molecular flexibility index (Phi) is 2.75. The number of aromatic nitrogens is 3. The van der Waals surface area contributed by atoms with Crippen molar-refractivity contribution < 1.29 is 4.52 Å². The van der Waals surface area contributed by atoms with Gasteiger partial charge in [-0.3, -0.25) is 0 Å². The summed E-state index contributed by atoms with van der Waals surface area (Å²) in [5.41, 5.74) is 2.35. The molecule has 0 radical (unpaired) electrons. The normalized spacial score (nSPS) is 11.8. The van der Waals surface area contributed by atoms with E-state index in [9.17, 15) is 0 Å². The zero-order valence-electron chi connectivity index (χ0n) is 9.74. The summed E-state index contributed by atoms with van der Waals surface area (Å²) >= 11 is 9.35. The van der Waals surface area contributed by atoms with Crippen LogP contribution in [0.5, 0.6) is 0 Å². The summed E-state index contributed by atoms with van der Waals surface area (Å²) in [6, 6.07) is 1.91. The number of rotatable bonds is 1. The summed E-state index contributed by atoms with van der Waals surface area (Å²) in [6.07, 6.45) is 1.70. The fourth-order valence-electron chi connectivity index (χ4n) is 1.97. The molecular formula is C12H9BrClN3O. The lowest BCUT2D eigenvalue weighted by Gasteiger charge is -2.03. The fourth-order valence-corrected chi connectivity index (χ4v) is 2.62. The average Bonchev–Trinajstić information content (AvgIpc) is 2.76. The molecule has 92 valence electrons. The Balaban J connectivity index is 2.56. The van der Waals surface area contributed by atoms with E-state index in [4.69, 9.17) is 16.1 Å². The largest absolute Gasteiger partial charge is 0.355 e. The standard InChI is InChI=1S/C12H9BrClN3O/c1-5(2)9-8-10-6(4-15-12(14)16-10)3-7(13)11(8)18-17-9/h3-5H,1-2H3. The second-order valence-corrected chi connectivity index (χ2v) is 5.55. The Hall–Kier alpha value is -1.20. The van der Waals surface area contributed by atoms with Crippen molar-refractivity contribution in [3.05, 3.63) is 27.7 Å². The highest BCUT2D eigenvalue weighted by Crippen LogP contribution is 2.35. The number of halogens is 2. The van der Waals surface area contributed by atoms with Gasteiger partial charge in [-0.05, 0) is 39.5 Å². The van der Waals surface area contributed by atoms with Crippen LogP contribution in [0.3, 0.4) is 0 Å². The summed E-state index contributed by atoms with van der Waals surface area (Å²) < 4.78 is 6.23. The zero-order chi connectivity index (χ0) is 12.9. The SMILES string of the molecule is CC(C)c1noc2c(Br)cc3cnc(Cl)nc3c12. The molecule has 6 heteroatoms. The molecule has 2 heterocycles. The molecule has 0 saturated heterocycles. The van der Waals surface area contributed by atoms with E-state index >= 15 is 0 Å². The van der Waals surface area contributed by atoms with Gasteiger partial charge >= 0.3 is 0 Å². The zero-order valence-corrected chi connectivity index (χ0v) is 12.1. The summed E-state index contributed by atoms with van der Waals surface area (Å²) in [6.45, 7) is 4.12. The third-order valence-electron chi connectivity index (χ3n) is 2.79. The van der Waals surface area contributed by atoms with Gasteiger partial charge in [0.1, 0.15) is 0 Å². The molecule has 0 aliphatic heterocycles. The molecule has 0 saturated carbocycles. The lowest BCUT2D eigenvalue weighted by molar-refractivity contribution is 0.440.